The van der Waals surface area contributed by atoms with Gasteiger partial charge in [-0.3, -0.25) is 10.1 Å². The number of ether oxygens (including phenoxy) is 1. The quantitative estimate of drug-likeness (QED) is 0.591. The van der Waals surface area contributed by atoms with E-state index in [1.807, 2.05) is 12.1 Å². The van der Waals surface area contributed by atoms with Crippen LogP contribution in [0.4, 0.5) is 10.8 Å². The number of anilines is 1. The van der Waals surface area contributed by atoms with Gasteiger partial charge in [0.1, 0.15) is 11.3 Å². The van der Waals surface area contributed by atoms with Gasteiger partial charge < -0.3 is 10.5 Å². The molecule has 106 valence electrons. The standard InChI is InChI=1S/C14H11N3O3S/c1-20-11-6-5-10(13-12(11)16-14(15)21-13)8-3-2-4-9(7-8)17(18)19/h2-7H,1H3,(H2,15,16). The molecule has 0 aliphatic rings. The molecule has 2 N–H and O–H groups in total. The second-order valence-electron chi connectivity index (χ2n) is 4.35. The molecule has 1 aromatic heterocycles. The molecule has 0 atom stereocenters. The molecule has 0 unspecified atom stereocenters. The molecule has 7 heteroatoms. The molecule has 6 nitrogen and oxygen atoms in total. The van der Waals surface area contributed by atoms with Gasteiger partial charge in [-0.2, -0.15) is 0 Å². The normalized spacial score (nSPS) is 10.7. The van der Waals surface area contributed by atoms with Gasteiger partial charge in [0, 0.05) is 17.7 Å². The zero-order chi connectivity index (χ0) is 15.0. The van der Waals surface area contributed by atoms with E-state index in [-0.39, 0.29) is 5.69 Å². The zero-order valence-electron chi connectivity index (χ0n) is 11.1. The van der Waals surface area contributed by atoms with E-state index in [0.29, 0.717) is 16.4 Å². The van der Waals surface area contributed by atoms with Crippen LogP contribution < -0.4 is 10.5 Å². The molecular weight excluding hydrogens is 290 g/mol. The Balaban J connectivity index is 2.25. The van der Waals surface area contributed by atoms with Gasteiger partial charge in [-0.1, -0.05) is 23.5 Å². The number of nitrogens with zero attached hydrogens (tertiary/aromatic N) is 2. The van der Waals surface area contributed by atoms with Crippen LogP contribution in [0.15, 0.2) is 36.4 Å². The maximum absolute atomic E-state index is 10.9. The van der Waals surface area contributed by atoms with Gasteiger partial charge in [0.2, 0.25) is 0 Å². The van der Waals surface area contributed by atoms with Gasteiger partial charge in [0.15, 0.2) is 5.13 Å². The van der Waals surface area contributed by atoms with E-state index in [2.05, 4.69) is 4.98 Å². The molecule has 3 aromatic rings. The van der Waals surface area contributed by atoms with Crippen LogP contribution in [0.3, 0.4) is 0 Å². The maximum atomic E-state index is 10.9. The number of benzene rings is 2. The molecule has 0 saturated heterocycles. The Morgan fingerprint density at radius 3 is 2.86 bits per heavy atom. The van der Waals surface area contributed by atoms with Crippen LogP contribution in [0.1, 0.15) is 0 Å². The van der Waals surface area contributed by atoms with Gasteiger partial charge in [-0.25, -0.2) is 4.98 Å². The highest BCUT2D eigenvalue weighted by molar-refractivity contribution is 7.22. The first-order valence-electron chi connectivity index (χ1n) is 6.08. The first-order chi connectivity index (χ1) is 10.1. The number of fused-ring (bicyclic) bond motifs is 1. The molecule has 0 radical (unpaired) electrons. The number of aromatic nitrogens is 1. The lowest BCUT2D eigenvalue weighted by Gasteiger charge is -2.06. The minimum Gasteiger partial charge on any atom is -0.494 e. The number of nitrogen functional groups attached to an aromatic ring is 1. The first kappa shape index (κ1) is 13.3. The van der Waals surface area contributed by atoms with Crippen LogP contribution in [0, 0.1) is 10.1 Å². The van der Waals surface area contributed by atoms with Crippen LogP contribution in [0.5, 0.6) is 5.75 Å². The highest BCUT2D eigenvalue weighted by atomic mass is 32.1. The summed E-state index contributed by atoms with van der Waals surface area (Å²) in [5, 5.41) is 11.3. The van der Waals surface area contributed by atoms with Gasteiger partial charge in [0.25, 0.3) is 5.69 Å². The summed E-state index contributed by atoms with van der Waals surface area (Å²) in [6.07, 6.45) is 0. The second kappa shape index (κ2) is 5.02. The third-order valence-electron chi connectivity index (χ3n) is 3.11. The fourth-order valence-electron chi connectivity index (χ4n) is 2.18. The number of hydrogen-bond donors (Lipinski definition) is 1. The summed E-state index contributed by atoms with van der Waals surface area (Å²) in [7, 11) is 1.57. The van der Waals surface area contributed by atoms with Crippen molar-refractivity contribution in [2.24, 2.45) is 0 Å². The monoisotopic (exact) mass is 301 g/mol. The molecule has 0 amide bonds. The van der Waals surface area contributed by atoms with Gasteiger partial charge in [-0.05, 0) is 17.7 Å². The van der Waals surface area contributed by atoms with Crippen molar-refractivity contribution in [3.05, 3.63) is 46.5 Å². The van der Waals surface area contributed by atoms with E-state index in [0.717, 1.165) is 15.8 Å². The van der Waals surface area contributed by atoms with Crippen molar-refractivity contribution in [1.82, 2.24) is 4.98 Å². The number of nitrogens with two attached hydrogens (primary N) is 1. The van der Waals surface area contributed by atoms with Gasteiger partial charge in [0.05, 0.1) is 16.7 Å². The number of nitro groups is 1. The van der Waals surface area contributed by atoms with Crippen LogP contribution in [-0.2, 0) is 0 Å². The lowest BCUT2D eigenvalue weighted by Crippen LogP contribution is -1.89. The molecule has 3 rings (SSSR count). The van der Waals surface area contributed by atoms with Gasteiger partial charge in [-0.15, -0.1) is 0 Å². The Kier molecular flexibility index (Phi) is 3.19. The number of non-ortho nitro benzene ring substituents is 1. The number of methoxy groups -OCH3 is 1. The average molecular weight is 301 g/mol. The highest BCUT2D eigenvalue weighted by Crippen LogP contribution is 2.39. The Morgan fingerprint density at radius 1 is 1.33 bits per heavy atom. The van der Waals surface area contributed by atoms with E-state index in [9.17, 15) is 10.1 Å². The second-order valence-corrected chi connectivity index (χ2v) is 5.38. The summed E-state index contributed by atoms with van der Waals surface area (Å²) in [6, 6.07) is 10.1. The van der Waals surface area contributed by atoms with Crippen LogP contribution >= 0.6 is 11.3 Å². The first-order valence-corrected chi connectivity index (χ1v) is 6.89. The van der Waals surface area contributed by atoms with E-state index < -0.39 is 4.92 Å². The van der Waals surface area contributed by atoms with Crippen molar-refractivity contribution in [3.8, 4) is 16.9 Å². The lowest BCUT2D eigenvalue weighted by molar-refractivity contribution is -0.384. The summed E-state index contributed by atoms with van der Waals surface area (Å²) in [4.78, 5) is 14.8. The number of hydrogen-bond acceptors (Lipinski definition) is 6. The largest absolute Gasteiger partial charge is 0.494 e. The predicted molar refractivity (Wildman–Crippen MR) is 82.7 cm³/mol. The molecule has 0 aliphatic carbocycles. The highest BCUT2D eigenvalue weighted by Gasteiger charge is 2.15. The van der Waals surface area contributed by atoms with E-state index >= 15 is 0 Å². The fourth-order valence-corrected chi connectivity index (χ4v) is 3.06. The maximum Gasteiger partial charge on any atom is 0.270 e. The SMILES string of the molecule is COc1ccc(-c2cccc([N+](=O)[O-])c2)c2sc(N)nc12. The van der Waals surface area contributed by atoms with E-state index in [4.69, 9.17) is 10.5 Å². The van der Waals surface area contributed by atoms with Crippen LogP contribution in [-0.4, -0.2) is 17.0 Å². The molecule has 21 heavy (non-hydrogen) atoms. The van der Waals surface area contributed by atoms with Crippen molar-refractivity contribution in [2.45, 2.75) is 0 Å². The topological polar surface area (TPSA) is 91.3 Å². The summed E-state index contributed by atoms with van der Waals surface area (Å²) >= 11 is 1.33. The third kappa shape index (κ3) is 2.27. The minimum absolute atomic E-state index is 0.0500. The summed E-state index contributed by atoms with van der Waals surface area (Å²) < 4.78 is 6.13. The molecule has 1 heterocycles. The number of nitro benzene ring substituents is 1. The smallest absolute Gasteiger partial charge is 0.270 e. The van der Waals surface area contributed by atoms with Crippen molar-refractivity contribution in [1.29, 1.82) is 0 Å². The van der Waals surface area contributed by atoms with Crippen LogP contribution in [0.2, 0.25) is 0 Å². The molecule has 0 bridgehead atoms. The summed E-state index contributed by atoms with van der Waals surface area (Å²) in [5.41, 5.74) is 8.10. The third-order valence-corrected chi connectivity index (χ3v) is 4.03. The fraction of sp³-hybridized carbons (Fsp3) is 0.0714. The van der Waals surface area contributed by atoms with Crippen molar-refractivity contribution in [3.63, 3.8) is 0 Å². The Morgan fingerprint density at radius 2 is 2.14 bits per heavy atom. The molecule has 0 saturated carbocycles. The summed E-state index contributed by atoms with van der Waals surface area (Å²) in [6.45, 7) is 0. The van der Waals surface area contributed by atoms with E-state index in [1.54, 1.807) is 19.2 Å². The van der Waals surface area contributed by atoms with Crippen molar-refractivity contribution < 1.29 is 9.66 Å². The van der Waals surface area contributed by atoms with Crippen molar-refractivity contribution in [2.75, 3.05) is 12.8 Å². The molecule has 0 spiro atoms. The molecular formula is C14H11N3O3S. The van der Waals surface area contributed by atoms with Crippen molar-refractivity contribution >= 4 is 32.4 Å². The Hall–Kier alpha value is -2.67. The lowest BCUT2D eigenvalue weighted by atomic mass is 10.0. The Labute approximate surface area is 124 Å². The predicted octanol–water partition coefficient (Wildman–Crippen LogP) is 3.46. The van der Waals surface area contributed by atoms with E-state index in [1.165, 1.54) is 23.5 Å². The number of rotatable bonds is 3. The molecule has 0 fully saturated rings. The zero-order valence-corrected chi connectivity index (χ0v) is 11.9. The molecule has 0 aliphatic heterocycles. The van der Waals surface area contributed by atoms with Crippen LogP contribution in [0.25, 0.3) is 21.3 Å². The average Bonchev–Trinajstić information content (AvgIpc) is 2.87. The summed E-state index contributed by atoms with van der Waals surface area (Å²) in [5.74, 6) is 0.632. The van der Waals surface area contributed by atoms with Gasteiger partial charge >= 0.3 is 0 Å². The number of thiazole rings is 1. The Bertz CT molecular complexity index is 845. The minimum atomic E-state index is -0.411. The molecule has 2 aromatic carbocycles.